The number of aromatic nitrogens is 1. The SMILES string of the molecule is CCN(CCC(=O)Nc1ccc(C(N)=O)cc1)C(=O)c1[nH]c(C)c(C(=O)OC)c1C. The molecule has 3 amide bonds. The molecule has 30 heavy (non-hydrogen) atoms. The number of rotatable bonds is 8. The molecule has 0 atom stereocenters. The molecule has 0 saturated carbocycles. The molecule has 2 aromatic rings. The zero-order chi connectivity index (χ0) is 22.4. The Morgan fingerprint density at radius 2 is 1.77 bits per heavy atom. The van der Waals surface area contributed by atoms with Gasteiger partial charge in [0.05, 0.1) is 12.7 Å². The van der Waals surface area contributed by atoms with E-state index in [-0.39, 0.29) is 24.8 Å². The molecule has 160 valence electrons. The van der Waals surface area contributed by atoms with Crippen LogP contribution in [0.25, 0.3) is 0 Å². The molecule has 9 heteroatoms. The molecule has 1 aromatic carbocycles. The maximum atomic E-state index is 12.9. The molecular weight excluding hydrogens is 388 g/mol. The van der Waals surface area contributed by atoms with Crippen molar-refractivity contribution in [3.8, 4) is 0 Å². The number of nitrogens with two attached hydrogens (primary N) is 1. The number of benzene rings is 1. The second kappa shape index (κ2) is 9.73. The molecule has 1 aromatic heterocycles. The van der Waals surface area contributed by atoms with E-state index in [1.165, 1.54) is 24.1 Å². The number of ether oxygens (including phenoxy) is 1. The van der Waals surface area contributed by atoms with E-state index in [0.717, 1.165) is 0 Å². The number of primary amides is 1. The van der Waals surface area contributed by atoms with Gasteiger partial charge < -0.3 is 25.7 Å². The van der Waals surface area contributed by atoms with Crippen molar-refractivity contribution in [3.05, 3.63) is 52.3 Å². The molecule has 0 unspecified atom stereocenters. The van der Waals surface area contributed by atoms with Crippen molar-refractivity contribution in [2.24, 2.45) is 5.73 Å². The molecule has 0 fully saturated rings. The Bertz CT molecular complexity index is 963. The average Bonchev–Trinajstić information content (AvgIpc) is 3.02. The van der Waals surface area contributed by atoms with Gasteiger partial charge in [-0.2, -0.15) is 0 Å². The maximum absolute atomic E-state index is 12.9. The predicted octanol–water partition coefficient (Wildman–Crippen LogP) is 2.01. The Kier molecular flexibility index (Phi) is 7.35. The van der Waals surface area contributed by atoms with Crippen LogP contribution in [0.5, 0.6) is 0 Å². The fourth-order valence-corrected chi connectivity index (χ4v) is 3.11. The van der Waals surface area contributed by atoms with Gasteiger partial charge in [0.25, 0.3) is 5.91 Å². The van der Waals surface area contributed by atoms with Gasteiger partial charge in [0, 0.05) is 36.5 Å². The van der Waals surface area contributed by atoms with Crippen LogP contribution < -0.4 is 11.1 Å². The second-order valence-electron chi connectivity index (χ2n) is 6.74. The number of anilines is 1. The third-order valence-corrected chi connectivity index (χ3v) is 4.77. The van der Waals surface area contributed by atoms with Crippen molar-refractivity contribution in [3.63, 3.8) is 0 Å². The Morgan fingerprint density at radius 1 is 1.13 bits per heavy atom. The summed E-state index contributed by atoms with van der Waals surface area (Å²) in [5.41, 5.74) is 7.78. The van der Waals surface area contributed by atoms with E-state index in [1.54, 1.807) is 26.0 Å². The lowest BCUT2D eigenvalue weighted by Gasteiger charge is -2.20. The lowest BCUT2D eigenvalue weighted by Crippen LogP contribution is -2.34. The quantitative estimate of drug-likeness (QED) is 0.568. The van der Waals surface area contributed by atoms with Crippen molar-refractivity contribution in [1.82, 2.24) is 9.88 Å². The summed E-state index contributed by atoms with van der Waals surface area (Å²) >= 11 is 0. The van der Waals surface area contributed by atoms with E-state index in [2.05, 4.69) is 10.3 Å². The highest BCUT2D eigenvalue weighted by Crippen LogP contribution is 2.20. The average molecular weight is 414 g/mol. The van der Waals surface area contributed by atoms with Crippen LogP contribution in [0.1, 0.15) is 55.8 Å². The first-order valence-electron chi connectivity index (χ1n) is 9.46. The first kappa shape index (κ1) is 22.7. The third kappa shape index (κ3) is 5.05. The van der Waals surface area contributed by atoms with E-state index in [9.17, 15) is 19.2 Å². The highest BCUT2D eigenvalue weighted by molar-refractivity contribution is 6.01. The second-order valence-corrected chi connectivity index (χ2v) is 6.74. The van der Waals surface area contributed by atoms with Gasteiger partial charge in [0.2, 0.25) is 11.8 Å². The molecule has 4 N–H and O–H groups in total. The number of methoxy groups -OCH3 is 1. The van der Waals surface area contributed by atoms with Crippen molar-refractivity contribution in [1.29, 1.82) is 0 Å². The standard InChI is InChI=1S/C21H26N4O5/c1-5-25(20(28)18-12(2)17(13(3)23-18)21(29)30-4)11-10-16(26)24-15-8-6-14(7-9-15)19(22)27/h6-9,23H,5,10-11H2,1-4H3,(H2,22,27)(H,24,26). The summed E-state index contributed by atoms with van der Waals surface area (Å²) in [4.78, 5) is 52.7. The van der Waals surface area contributed by atoms with Crippen molar-refractivity contribution < 1.29 is 23.9 Å². The molecule has 0 aliphatic rings. The fraction of sp³-hybridized carbons (Fsp3) is 0.333. The molecule has 0 saturated heterocycles. The van der Waals surface area contributed by atoms with E-state index in [4.69, 9.17) is 10.5 Å². The van der Waals surface area contributed by atoms with Crippen LogP contribution in [-0.2, 0) is 9.53 Å². The van der Waals surface area contributed by atoms with Crippen LogP contribution in [0.3, 0.4) is 0 Å². The highest BCUT2D eigenvalue weighted by Gasteiger charge is 2.25. The molecule has 9 nitrogen and oxygen atoms in total. The lowest BCUT2D eigenvalue weighted by atomic mass is 10.1. The number of esters is 1. The van der Waals surface area contributed by atoms with Gasteiger partial charge >= 0.3 is 5.97 Å². The molecular formula is C21H26N4O5. The van der Waals surface area contributed by atoms with Gasteiger partial charge in [0.1, 0.15) is 5.69 Å². The number of nitrogens with one attached hydrogen (secondary N) is 2. The Hall–Kier alpha value is -3.62. The van der Waals surface area contributed by atoms with E-state index < -0.39 is 11.9 Å². The predicted molar refractivity (Wildman–Crippen MR) is 111 cm³/mol. The molecule has 0 radical (unpaired) electrons. The normalized spacial score (nSPS) is 10.4. The summed E-state index contributed by atoms with van der Waals surface area (Å²) < 4.78 is 4.77. The molecule has 0 aliphatic carbocycles. The number of hydrogen-bond acceptors (Lipinski definition) is 5. The summed E-state index contributed by atoms with van der Waals surface area (Å²) in [6.45, 7) is 5.78. The summed E-state index contributed by atoms with van der Waals surface area (Å²) in [6, 6.07) is 6.21. The maximum Gasteiger partial charge on any atom is 0.339 e. The van der Waals surface area contributed by atoms with Crippen LogP contribution in [0.4, 0.5) is 5.69 Å². The highest BCUT2D eigenvalue weighted by atomic mass is 16.5. The zero-order valence-electron chi connectivity index (χ0n) is 17.5. The number of hydrogen-bond donors (Lipinski definition) is 3. The van der Waals surface area contributed by atoms with Gasteiger partial charge in [0.15, 0.2) is 0 Å². The largest absolute Gasteiger partial charge is 0.465 e. The monoisotopic (exact) mass is 414 g/mol. The molecule has 0 spiro atoms. The van der Waals surface area contributed by atoms with Crippen molar-refractivity contribution >= 4 is 29.4 Å². The fourth-order valence-electron chi connectivity index (χ4n) is 3.11. The number of aromatic amines is 1. The Balaban J connectivity index is 2.03. The van der Waals surface area contributed by atoms with Crippen LogP contribution in [0, 0.1) is 13.8 Å². The van der Waals surface area contributed by atoms with Crippen molar-refractivity contribution in [2.75, 3.05) is 25.5 Å². The smallest absolute Gasteiger partial charge is 0.339 e. The summed E-state index contributed by atoms with van der Waals surface area (Å²) in [5, 5.41) is 2.72. The van der Waals surface area contributed by atoms with E-state index in [1.807, 2.05) is 6.92 Å². The first-order valence-corrected chi connectivity index (χ1v) is 9.46. The van der Waals surface area contributed by atoms with Crippen LogP contribution in [-0.4, -0.2) is 53.8 Å². The van der Waals surface area contributed by atoms with E-state index >= 15 is 0 Å². The van der Waals surface area contributed by atoms with Gasteiger partial charge in [-0.25, -0.2) is 4.79 Å². The molecule has 2 rings (SSSR count). The van der Waals surface area contributed by atoms with Crippen LogP contribution in [0.15, 0.2) is 24.3 Å². The van der Waals surface area contributed by atoms with Gasteiger partial charge in [-0.15, -0.1) is 0 Å². The number of amides is 3. The minimum atomic E-state index is -0.546. The molecule has 0 aliphatic heterocycles. The summed E-state index contributed by atoms with van der Waals surface area (Å²) in [7, 11) is 1.29. The number of carbonyl (C=O) groups excluding carboxylic acids is 4. The van der Waals surface area contributed by atoms with Gasteiger partial charge in [-0.3, -0.25) is 14.4 Å². The lowest BCUT2D eigenvalue weighted by molar-refractivity contribution is -0.116. The summed E-state index contributed by atoms with van der Waals surface area (Å²) in [6.07, 6.45) is 0.0831. The Morgan fingerprint density at radius 3 is 2.30 bits per heavy atom. The van der Waals surface area contributed by atoms with Gasteiger partial charge in [-0.1, -0.05) is 0 Å². The minimum absolute atomic E-state index is 0.0831. The number of aryl methyl sites for hydroxylation is 1. The first-order chi connectivity index (χ1) is 14.2. The van der Waals surface area contributed by atoms with Crippen LogP contribution >= 0.6 is 0 Å². The summed E-state index contributed by atoms with van der Waals surface area (Å²) in [5.74, 6) is -1.63. The number of H-pyrrole nitrogens is 1. The Labute approximate surface area is 174 Å². The van der Waals surface area contributed by atoms with E-state index in [0.29, 0.717) is 40.3 Å². The zero-order valence-corrected chi connectivity index (χ0v) is 17.5. The molecule has 1 heterocycles. The number of carbonyl (C=O) groups is 4. The topological polar surface area (TPSA) is 135 Å². The van der Waals surface area contributed by atoms with Crippen molar-refractivity contribution in [2.45, 2.75) is 27.2 Å². The van der Waals surface area contributed by atoms with Gasteiger partial charge in [-0.05, 0) is 50.6 Å². The minimum Gasteiger partial charge on any atom is -0.465 e. The third-order valence-electron chi connectivity index (χ3n) is 4.77. The number of nitrogens with zero attached hydrogens (tertiary/aromatic N) is 1. The molecule has 0 bridgehead atoms. The van der Waals surface area contributed by atoms with Crippen LogP contribution in [0.2, 0.25) is 0 Å².